The molecule has 26 heavy (non-hydrogen) atoms. The van der Waals surface area contributed by atoms with Crippen LogP contribution in [-0.4, -0.2) is 14.4 Å². The number of benzene rings is 2. The van der Waals surface area contributed by atoms with Crippen LogP contribution in [0.4, 0.5) is 4.39 Å². The molecule has 1 spiro atoms. The molecule has 134 valence electrons. The molecule has 2 aliphatic rings. The van der Waals surface area contributed by atoms with Crippen LogP contribution in [0, 0.1) is 5.41 Å². The summed E-state index contributed by atoms with van der Waals surface area (Å²) in [5.41, 5.74) is 4.43. The van der Waals surface area contributed by atoms with E-state index < -0.39 is 15.8 Å². The van der Waals surface area contributed by atoms with E-state index in [-0.39, 0.29) is 10.3 Å². The van der Waals surface area contributed by atoms with Gasteiger partial charge in [-0.3, -0.25) is 0 Å². The lowest BCUT2D eigenvalue weighted by Gasteiger charge is -2.11. The topological polar surface area (TPSA) is 34.1 Å². The summed E-state index contributed by atoms with van der Waals surface area (Å²) >= 11 is 7.05. The predicted octanol–water partition coefficient (Wildman–Crippen LogP) is 6.17. The fourth-order valence-electron chi connectivity index (χ4n) is 3.25. The maximum atomic E-state index is 12.7. The summed E-state index contributed by atoms with van der Waals surface area (Å²) in [7, 11) is -3.84. The van der Waals surface area contributed by atoms with E-state index in [1.54, 1.807) is 12.1 Å². The molecule has 4 rings (SSSR count). The second kappa shape index (κ2) is 6.43. The number of rotatable bonds is 4. The molecule has 0 unspecified atom stereocenters. The Kier molecular flexibility index (Phi) is 4.48. The summed E-state index contributed by atoms with van der Waals surface area (Å²) in [4.78, 5) is 0.0143. The van der Waals surface area contributed by atoms with Gasteiger partial charge in [0.25, 0.3) is 0 Å². The Morgan fingerprint density at radius 1 is 0.885 bits per heavy atom. The lowest BCUT2D eigenvalue weighted by Crippen LogP contribution is -2.02. The zero-order valence-electron chi connectivity index (χ0n) is 13.7. The van der Waals surface area contributed by atoms with Crippen molar-refractivity contribution in [2.75, 3.05) is 6.01 Å². The van der Waals surface area contributed by atoms with Crippen LogP contribution >= 0.6 is 31.9 Å². The number of alkyl halides is 1. The second-order valence-electron chi connectivity index (χ2n) is 6.73. The molecule has 2 aromatic carbocycles. The summed E-state index contributed by atoms with van der Waals surface area (Å²) in [5, 5.41) is 0. The van der Waals surface area contributed by atoms with Crippen molar-refractivity contribution >= 4 is 52.8 Å². The lowest BCUT2D eigenvalue weighted by atomic mass is 9.95. The molecule has 0 aliphatic heterocycles. The van der Waals surface area contributed by atoms with Crippen LogP contribution in [0.3, 0.4) is 0 Å². The normalized spacial score (nSPS) is 18.0. The second-order valence-corrected chi connectivity index (χ2v) is 10.4. The van der Waals surface area contributed by atoms with Gasteiger partial charge in [0.15, 0.2) is 6.01 Å². The average molecular weight is 498 g/mol. The van der Waals surface area contributed by atoms with E-state index >= 15 is 0 Å². The van der Waals surface area contributed by atoms with Crippen LogP contribution in [0.15, 0.2) is 68.5 Å². The van der Waals surface area contributed by atoms with Crippen LogP contribution in [-0.2, 0) is 9.84 Å². The van der Waals surface area contributed by atoms with E-state index in [9.17, 15) is 12.8 Å². The van der Waals surface area contributed by atoms with Gasteiger partial charge in [-0.05, 0) is 91.2 Å². The minimum Gasteiger partial charge on any atom is -0.233 e. The molecule has 1 fully saturated rings. The van der Waals surface area contributed by atoms with E-state index in [4.69, 9.17) is 0 Å². The van der Waals surface area contributed by atoms with Crippen molar-refractivity contribution in [2.24, 2.45) is 5.41 Å². The molecule has 0 heterocycles. The summed E-state index contributed by atoms with van der Waals surface area (Å²) < 4.78 is 38.1. The quantitative estimate of drug-likeness (QED) is 0.505. The molecule has 0 amide bonds. The molecular weight excluding hydrogens is 483 g/mol. The first-order valence-electron chi connectivity index (χ1n) is 8.14. The first kappa shape index (κ1) is 18.1. The molecule has 0 N–H and O–H groups in total. The highest BCUT2D eigenvalue weighted by Gasteiger charge is 2.43. The van der Waals surface area contributed by atoms with E-state index in [0.29, 0.717) is 0 Å². The minimum atomic E-state index is -3.84. The van der Waals surface area contributed by atoms with Crippen LogP contribution in [0.2, 0.25) is 0 Å². The van der Waals surface area contributed by atoms with E-state index in [1.807, 2.05) is 6.07 Å². The Hall–Kier alpha value is -1.24. The molecular formula is C20H15Br2FO2S. The Labute approximate surface area is 169 Å². The predicted molar refractivity (Wildman–Crippen MR) is 109 cm³/mol. The molecule has 1 saturated carbocycles. The summed E-state index contributed by atoms with van der Waals surface area (Å²) in [5.74, 6) is 0. The maximum Gasteiger partial charge on any atom is 0.207 e. The van der Waals surface area contributed by atoms with Gasteiger partial charge in [-0.2, -0.15) is 0 Å². The first-order chi connectivity index (χ1) is 12.3. The molecule has 2 aliphatic carbocycles. The Morgan fingerprint density at radius 2 is 1.46 bits per heavy atom. The Bertz CT molecular complexity index is 1050. The molecule has 0 aromatic heterocycles. The molecule has 2 aromatic rings. The van der Waals surface area contributed by atoms with Gasteiger partial charge in [0.1, 0.15) is 0 Å². The van der Waals surface area contributed by atoms with Gasteiger partial charge in [0.2, 0.25) is 9.84 Å². The highest BCUT2D eigenvalue weighted by Crippen LogP contribution is 2.57. The van der Waals surface area contributed by atoms with Crippen LogP contribution in [0.25, 0.3) is 11.1 Å². The zero-order chi connectivity index (χ0) is 18.5. The van der Waals surface area contributed by atoms with Crippen molar-refractivity contribution in [2.45, 2.75) is 17.7 Å². The van der Waals surface area contributed by atoms with E-state index in [1.165, 1.54) is 12.1 Å². The number of sulfone groups is 1. The number of hydrogen-bond donors (Lipinski definition) is 0. The largest absolute Gasteiger partial charge is 0.233 e. The Morgan fingerprint density at radius 3 is 2.00 bits per heavy atom. The van der Waals surface area contributed by atoms with Crippen molar-refractivity contribution in [3.05, 3.63) is 74.7 Å². The third-order valence-corrected chi connectivity index (χ3v) is 8.04. The Balaban J connectivity index is 1.75. The van der Waals surface area contributed by atoms with Gasteiger partial charge in [0, 0.05) is 14.4 Å². The van der Waals surface area contributed by atoms with Crippen molar-refractivity contribution in [1.82, 2.24) is 0 Å². The van der Waals surface area contributed by atoms with Gasteiger partial charge in [-0.1, -0.05) is 30.4 Å². The molecule has 0 atom stereocenters. The lowest BCUT2D eigenvalue weighted by molar-refractivity contribution is 0.534. The van der Waals surface area contributed by atoms with Crippen LogP contribution < -0.4 is 0 Å². The zero-order valence-corrected chi connectivity index (χ0v) is 17.7. The van der Waals surface area contributed by atoms with Gasteiger partial charge in [0.05, 0.1) is 4.90 Å². The van der Waals surface area contributed by atoms with Crippen molar-refractivity contribution in [1.29, 1.82) is 0 Å². The molecule has 2 nitrogen and oxygen atoms in total. The average Bonchev–Trinajstić information content (AvgIpc) is 3.28. The maximum absolute atomic E-state index is 12.7. The first-order valence-corrected chi connectivity index (χ1v) is 11.4. The number of hydrogen-bond acceptors (Lipinski definition) is 2. The van der Waals surface area contributed by atoms with Crippen molar-refractivity contribution < 1.29 is 12.8 Å². The fraction of sp³-hybridized carbons (Fsp3) is 0.200. The van der Waals surface area contributed by atoms with Crippen LogP contribution in [0.1, 0.15) is 24.0 Å². The number of halogens is 3. The van der Waals surface area contributed by atoms with Crippen molar-refractivity contribution in [3.8, 4) is 0 Å². The molecule has 0 bridgehead atoms. The standard InChI is InChI=1S/C20H15Br2FO2S/c21-18-6-3-14(9-19(18)22)17-11-20(7-8-20)10-16(17)13-1-4-15(5-2-13)26(24,25)12-23/h1-6,9-11H,7-8,12H2. The van der Waals surface area contributed by atoms with Gasteiger partial charge in [-0.25, -0.2) is 12.8 Å². The fourth-order valence-corrected chi connectivity index (χ4v) is 4.55. The van der Waals surface area contributed by atoms with E-state index in [2.05, 4.69) is 56.1 Å². The van der Waals surface area contributed by atoms with Crippen molar-refractivity contribution in [3.63, 3.8) is 0 Å². The van der Waals surface area contributed by atoms with Crippen LogP contribution in [0.5, 0.6) is 0 Å². The molecule has 0 radical (unpaired) electrons. The monoisotopic (exact) mass is 496 g/mol. The molecule has 0 saturated heterocycles. The highest BCUT2D eigenvalue weighted by atomic mass is 79.9. The van der Waals surface area contributed by atoms with Gasteiger partial charge >= 0.3 is 0 Å². The number of allylic oxidation sites excluding steroid dienone is 4. The third kappa shape index (κ3) is 3.23. The van der Waals surface area contributed by atoms with Gasteiger partial charge < -0.3 is 0 Å². The summed E-state index contributed by atoms with van der Waals surface area (Å²) in [6.07, 6.45) is 6.85. The minimum absolute atomic E-state index is 0.0143. The highest BCUT2D eigenvalue weighted by molar-refractivity contribution is 9.13. The molecule has 6 heteroatoms. The summed E-state index contributed by atoms with van der Waals surface area (Å²) in [6, 6.07) is 11.3. The van der Waals surface area contributed by atoms with Gasteiger partial charge in [-0.15, -0.1) is 0 Å². The SMILES string of the molecule is O=S(=O)(CF)c1ccc(C2=CC3(C=C2c2ccc(Br)c(Br)c2)CC3)cc1. The smallest absolute Gasteiger partial charge is 0.207 e. The summed E-state index contributed by atoms with van der Waals surface area (Å²) in [6.45, 7) is 0. The van der Waals surface area contributed by atoms with E-state index in [0.717, 1.165) is 44.1 Å². The third-order valence-electron chi connectivity index (χ3n) is 4.88.